The number of anilines is 1. The van der Waals surface area contributed by atoms with E-state index in [1.807, 2.05) is 116 Å². The Morgan fingerprint density at radius 3 is 1.97 bits per heavy atom. The molecule has 1 aromatic heterocycles. The van der Waals surface area contributed by atoms with Crippen LogP contribution in [-0.4, -0.2) is 27.8 Å². The van der Waals surface area contributed by atoms with Crippen LogP contribution in [0.25, 0.3) is 17.1 Å². The summed E-state index contributed by atoms with van der Waals surface area (Å²) in [7, 11) is 1.55. The number of methoxy groups -OCH3 is 1. The number of rotatable bonds is 7. The zero-order valence-electron chi connectivity index (χ0n) is 20.1. The lowest BCUT2D eigenvalue weighted by atomic mass is 9.90. The predicted molar refractivity (Wildman–Crippen MR) is 141 cm³/mol. The van der Waals surface area contributed by atoms with Gasteiger partial charge < -0.3 is 10.1 Å². The number of carbonyl (C=O) groups excluding carboxylic acids is 1. The SMILES string of the molecule is COc1nc(-c2ccccc2C)n(-c2ccc(NC(=O)C(c3ccccc3)c3ccccc3)cc2)n1. The Hall–Kier alpha value is -4.71. The molecule has 0 aliphatic rings. The number of hydrogen-bond acceptors (Lipinski definition) is 4. The first-order chi connectivity index (χ1) is 17.6. The molecular formula is C30H26N4O2. The third kappa shape index (κ3) is 4.74. The van der Waals surface area contributed by atoms with Crippen molar-refractivity contribution in [2.24, 2.45) is 0 Å². The quantitative estimate of drug-likeness (QED) is 0.313. The highest BCUT2D eigenvalue weighted by molar-refractivity contribution is 5.98. The van der Waals surface area contributed by atoms with Crippen molar-refractivity contribution in [1.82, 2.24) is 14.8 Å². The zero-order chi connectivity index (χ0) is 24.9. The summed E-state index contributed by atoms with van der Waals surface area (Å²) in [6.45, 7) is 2.04. The maximum Gasteiger partial charge on any atom is 0.336 e. The molecule has 0 fully saturated rings. The predicted octanol–water partition coefficient (Wildman–Crippen LogP) is 6.02. The largest absolute Gasteiger partial charge is 0.466 e. The highest BCUT2D eigenvalue weighted by Gasteiger charge is 2.23. The molecule has 0 bridgehead atoms. The molecule has 5 aromatic rings. The second kappa shape index (κ2) is 10.3. The summed E-state index contributed by atoms with van der Waals surface area (Å²) in [5, 5.41) is 7.59. The molecule has 0 spiro atoms. The molecule has 0 aliphatic carbocycles. The van der Waals surface area contributed by atoms with E-state index in [4.69, 9.17) is 4.74 Å². The average Bonchev–Trinajstić information content (AvgIpc) is 3.35. The summed E-state index contributed by atoms with van der Waals surface area (Å²) in [5.41, 5.74) is 5.45. The minimum absolute atomic E-state index is 0.0943. The first-order valence-electron chi connectivity index (χ1n) is 11.7. The second-order valence-corrected chi connectivity index (χ2v) is 8.44. The Labute approximate surface area is 210 Å². The van der Waals surface area contributed by atoms with Gasteiger partial charge in [-0.2, -0.15) is 4.98 Å². The van der Waals surface area contributed by atoms with Gasteiger partial charge in [-0.3, -0.25) is 4.79 Å². The van der Waals surface area contributed by atoms with Crippen LogP contribution in [0.15, 0.2) is 109 Å². The van der Waals surface area contributed by atoms with Gasteiger partial charge in [-0.05, 0) is 47.9 Å². The minimum Gasteiger partial charge on any atom is -0.466 e. The first kappa shape index (κ1) is 23.1. The van der Waals surface area contributed by atoms with Crippen molar-refractivity contribution < 1.29 is 9.53 Å². The molecule has 5 rings (SSSR count). The minimum atomic E-state index is -0.417. The molecule has 1 amide bonds. The van der Waals surface area contributed by atoms with Crippen LogP contribution in [0.3, 0.4) is 0 Å². The van der Waals surface area contributed by atoms with Crippen LogP contribution in [-0.2, 0) is 4.79 Å². The van der Waals surface area contributed by atoms with E-state index in [1.165, 1.54) is 0 Å². The van der Waals surface area contributed by atoms with Crippen LogP contribution in [0.5, 0.6) is 6.01 Å². The lowest BCUT2D eigenvalue weighted by Crippen LogP contribution is -2.22. The normalized spacial score (nSPS) is 10.9. The lowest BCUT2D eigenvalue weighted by molar-refractivity contribution is -0.116. The topological polar surface area (TPSA) is 69.0 Å². The molecule has 36 heavy (non-hydrogen) atoms. The number of aromatic nitrogens is 3. The van der Waals surface area contributed by atoms with E-state index in [0.717, 1.165) is 27.9 Å². The molecule has 6 heteroatoms. The van der Waals surface area contributed by atoms with Crippen LogP contribution in [0.2, 0.25) is 0 Å². The molecule has 178 valence electrons. The van der Waals surface area contributed by atoms with E-state index in [-0.39, 0.29) is 5.91 Å². The van der Waals surface area contributed by atoms with Gasteiger partial charge in [-0.25, -0.2) is 4.68 Å². The summed E-state index contributed by atoms with van der Waals surface area (Å²) < 4.78 is 7.06. The van der Waals surface area contributed by atoms with Gasteiger partial charge in [-0.15, -0.1) is 5.10 Å². The van der Waals surface area contributed by atoms with Gasteiger partial charge >= 0.3 is 6.01 Å². The number of nitrogens with one attached hydrogen (secondary N) is 1. The van der Waals surface area contributed by atoms with Crippen LogP contribution >= 0.6 is 0 Å². The molecule has 0 saturated carbocycles. The van der Waals surface area contributed by atoms with Crippen LogP contribution in [0, 0.1) is 6.92 Å². The maximum atomic E-state index is 13.4. The average molecular weight is 475 g/mol. The fourth-order valence-electron chi connectivity index (χ4n) is 4.24. The summed E-state index contributed by atoms with van der Waals surface area (Å²) in [6, 6.07) is 35.5. The van der Waals surface area contributed by atoms with Gasteiger partial charge in [0.1, 0.15) is 0 Å². The van der Waals surface area contributed by atoms with E-state index in [9.17, 15) is 4.79 Å². The summed E-state index contributed by atoms with van der Waals surface area (Å²) in [6.07, 6.45) is 0. The fourth-order valence-corrected chi connectivity index (χ4v) is 4.24. The lowest BCUT2D eigenvalue weighted by Gasteiger charge is -2.18. The number of hydrogen-bond donors (Lipinski definition) is 1. The molecule has 4 aromatic carbocycles. The standard InChI is InChI=1S/C30H26N4O2/c1-21-11-9-10-16-26(21)28-32-30(36-2)33-34(28)25-19-17-24(18-20-25)31-29(35)27(22-12-5-3-6-13-22)23-14-7-4-8-15-23/h3-20,27H,1-2H3,(H,31,35). The second-order valence-electron chi connectivity index (χ2n) is 8.44. The molecular weight excluding hydrogens is 448 g/mol. The summed E-state index contributed by atoms with van der Waals surface area (Å²) >= 11 is 0. The van der Waals surface area contributed by atoms with Gasteiger partial charge in [0.15, 0.2) is 5.82 Å². The van der Waals surface area contributed by atoms with Crippen LogP contribution < -0.4 is 10.1 Å². The monoisotopic (exact) mass is 474 g/mol. The Morgan fingerprint density at radius 2 is 1.39 bits per heavy atom. The van der Waals surface area contributed by atoms with Gasteiger partial charge in [-0.1, -0.05) is 84.9 Å². The van der Waals surface area contributed by atoms with E-state index < -0.39 is 5.92 Å². The van der Waals surface area contributed by atoms with Gasteiger partial charge in [0.25, 0.3) is 0 Å². The number of ether oxygens (including phenoxy) is 1. The molecule has 6 nitrogen and oxygen atoms in total. The van der Waals surface area contributed by atoms with Gasteiger partial charge in [0.2, 0.25) is 5.91 Å². The first-order valence-corrected chi connectivity index (χ1v) is 11.7. The summed E-state index contributed by atoms with van der Waals surface area (Å²) in [5.74, 6) is 0.178. The Bertz CT molecular complexity index is 1420. The number of amides is 1. The van der Waals surface area contributed by atoms with Crippen molar-refractivity contribution in [2.45, 2.75) is 12.8 Å². The Morgan fingerprint density at radius 1 is 0.806 bits per heavy atom. The Kier molecular flexibility index (Phi) is 6.58. The van der Waals surface area contributed by atoms with Gasteiger partial charge in [0, 0.05) is 11.3 Å². The van der Waals surface area contributed by atoms with Crippen molar-refractivity contribution >= 4 is 11.6 Å². The van der Waals surface area contributed by atoms with Crippen molar-refractivity contribution in [3.8, 4) is 23.1 Å². The van der Waals surface area contributed by atoms with Crippen LogP contribution in [0.4, 0.5) is 5.69 Å². The molecule has 0 atom stereocenters. The fraction of sp³-hybridized carbons (Fsp3) is 0.100. The number of nitrogens with zero attached hydrogens (tertiary/aromatic N) is 3. The number of benzene rings is 4. The third-order valence-corrected chi connectivity index (χ3v) is 6.06. The van der Waals surface area contributed by atoms with E-state index in [1.54, 1.807) is 11.8 Å². The van der Waals surface area contributed by atoms with E-state index >= 15 is 0 Å². The molecule has 0 unspecified atom stereocenters. The number of carbonyl (C=O) groups is 1. The Balaban J connectivity index is 1.43. The van der Waals surface area contributed by atoms with E-state index in [2.05, 4.69) is 15.4 Å². The third-order valence-electron chi connectivity index (χ3n) is 6.06. The van der Waals surface area contributed by atoms with Crippen LogP contribution in [0.1, 0.15) is 22.6 Å². The van der Waals surface area contributed by atoms with E-state index in [0.29, 0.717) is 17.5 Å². The van der Waals surface area contributed by atoms with Crippen molar-refractivity contribution in [3.63, 3.8) is 0 Å². The van der Waals surface area contributed by atoms with Crippen molar-refractivity contribution in [3.05, 3.63) is 126 Å². The smallest absolute Gasteiger partial charge is 0.336 e. The molecule has 0 saturated heterocycles. The van der Waals surface area contributed by atoms with Gasteiger partial charge in [0.05, 0.1) is 18.7 Å². The molecule has 0 radical (unpaired) electrons. The number of aryl methyl sites for hydroxylation is 1. The highest BCUT2D eigenvalue weighted by Crippen LogP contribution is 2.28. The maximum absolute atomic E-state index is 13.4. The molecule has 1 N–H and O–H groups in total. The van der Waals surface area contributed by atoms with Crippen molar-refractivity contribution in [2.75, 3.05) is 12.4 Å². The van der Waals surface area contributed by atoms with Crippen molar-refractivity contribution in [1.29, 1.82) is 0 Å². The summed E-state index contributed by atoms with van der Waals surface area (Å²) in [4.78, 5) is 18.0. The highest BCUT2D eigenvalue weighted by atomic mass is 16.5. The zero-order valence-corrected chi connectivity index (χ0v) is 20.1. The molecule has 0 aliphatic heterocycles. The molecule has 1 heterocycles.